The molecule has 0 atom stereocenters. The van der Waals surface area contributed by atoms with Crippen LogP contribution in [-0.2, 0) is 0 Å². The van der Waals surface area contributed by atoms with E-state index >= 15 is 0 Å². The van der Waals surface area contributed by atoms with Crippen molar-refractivity contribution in [2.75, 3.05) is 6.61 Å². The lowest BCUT2D eigenvalue weighted by Gasteiger charge is -2.08. The number of unbranched alkanes of at least 4 members (excludes halogenated alkanes) is 13. The van der Waals surface area contributed by atoms with Crippen molar-refractivity contribution in [3.05, 3.63) is 77.4 Å². The Hall–Kier alpha value is -3.40. The summed E-state index contributed by atoms with van der Waals surface area (Å²) in [5, 5.41) is 10.5. The Bertz CT molecular complexity index is 1260. The number of benzene rings is 3. The van der Waals surface area contributed by atoms with E-state index in [2.05, 4.69) is 11.9 Å². The summed E-state index contributed by atoms with van der Waals surface area (Å²) in [5.41, 5.74) is 4.62. The van der Waals surface area contributed by atoms with E-state index in [0.717, 1.165) is 23.1 Å². The Labute approximate surface area is 240 Å². The van der Waals surface area contributed by atoms with E-state index in [-0.39, 0.29) is 11.5 Å². The van der Waals surface area contributed by atoms with Gasteiger partial charge < -0.3 is 9.84 Å². The fourth-order valence-electron chi connectivity index (χ4n) is 5.45. The third-order valence-electron chi connectivity index (χ3n) is 7.83. The normalized spacial score (nSPS) is 12.2. The van der Waals surface area contributed by atoms with E-state index in [1.807, 2.05) is 54.6 Å². The molecule has 212 valence electrons. The predicted molar refractivity (Wildman–Crippen MR) is 166 cm³/mol. The summed E-state index contributed by atoms with van der Waals surface area (Å²) in [5.74, 6) is 0.836. The number of phenolic OH excluding ortho intramolecular Hbond substituents is 1. The molecule has 0 fully saturated rings. The second-order valence-electron chi connectivity index (χ2n) is 11.0. The fourth-order valence-corrected chi connectivity index (χ4v) is 5.45. The standard InChI is InChI=1S/C36H45NO3/c1-2-3-4-5-6-7-8-9-10-11-12-13-14-17-24-40-30-22-20-28(35(38)26-30)27-37-29-21-23-32-31-18-15-16-19-33(31)36(39)34(32)25-29/h15-16,18-23,25-27,38H,2-14,17,24H2,1H3. The Morgan fingerprint density at radius 2 is 1.27 bits per heavy atom. The van der Waals surface area contributed by atoms with Crippen molar-refractivity contribution in [1.29, 1.82) is 0 Å². The highest BCUT2D eigenvalue weighted by Gasteiger charge is 2.26. The van der Waals surface area contributed by atoms with Crippen LogP contribution < -0.4 is 4.74 Å². The number of nitrogens with zero attached hydrogens (tertiary/aromatic N) is 1. The zero-order chi connectivity index (χ0) is 28.0. The minimum atomic E-state index is 0.0331. The first kappa shape index (κ1) is 29.6. The summed E-state index contributed by atoms with van der Waals surface area (Å²) in [6.07, 6.45) is 20.3. The third-order valence-corrected chi connectivity index (χ3v) is 7.83. The largest absolute Gasteiger partial charge is 0.507 e. The van der Waals surface area contributed by atoms with Crippen LogP contribution in [-0.4, -0.2) is 23.7 Å². The minimum absolute atomic E-state index is 0.0331. The highest BCUT2D eigenvalue weighted by atomic mass is 16.5. The van der Waals surface area contributed by atoms with Gasteiger partial charge in [-0.15, -0.1) is 0 Å². The van der Waals surface area contributed by atoms with Crippen molar-refractivity contribution < 1.29 is 14.6 Å². The number of ketones is 1. The summed E-state index contributed by atoms with van der Waals surface area (Å²) < 4.78 is 5.86. The van der Waals surface area contributed by atoms with Gasteiger partial charge in [-0.1, -0.05) is 121 Å². The molecular formula is C36H45NO3. The van der Waals surface area contributed by atoms with Gasteiger partial charge in [0.25, 0.3) is 0 Å². The maximum atomic E-state index is 12.7. The van der Waals surface area contributed by atoms with Crippen LogP contribution in [0.2, 0.25) is 0 Å². The van der Waals surface area contributed by atoms with E-state index in [4.69, 9.17) is 4.74 Å². The molecule has 0 saturated carbocycles. The molecule has 0 amide bonds. The number of phenols is 1. The molecular weight excluding hydrogens is 494 g/mol. The molecule has 4 rings (SSSR count). The number of fused-ring (bicyclic) bond motifs is 3. The zero-order valence-corrected chi connectivity index (χ0v) is 24.2. The van der Waals surface area contributed by atoms with Gasteiger partial charge in [0.15, 0.2) is 5.78 Å². The summed E-state index contributed by atoms with van der Waals surface area (Å²) in [4.78, 5) is 17.3. The molecule has 0 spiro atoms. The number of aromatic hydroxyl groups is 1. The van der Waals surface area contributed by atoms with Crippen LogP contribution in [0.15, 0.2) is 65.7 Å². The van der Waals surface area contributed by atoms with Crippen molar-refractivity contribution in [1.82, 2.24) is 0 Å². The molecule has 3 aromatic carbocycles. The summed E-state index contributed by atoms with van der Waals surface area (Å²) in [6, 6.07) is 18.7. The topological polar surface area (TPSA) is 58.9 Å². The van der Waals surface area contributed by atoms with Gasteiger partial charge in [-0.3, -0.25) is 9.79 Å². The lowest BCUT2D eigenvalue weighted by molar-refractivity contribution is 0.104. The average molecular weight is 540 g/mol. The van der Waals surface area contributed by atoms with Crippen molar-refractivity contribution >= 4 is 17.7 Å². The van der Waals surface area contributed by atoms with Gasteiger partial charge in [0.2, 0.25) is 0 Å². The lowest BCUT2D eigenvalue weighted by atomic mass is 10.0. The maximum absolute atomic E-state index is 12.7. The van der Waals surface area contributed by atoms with Crippen LogP contribution in [0.4, 0.5) is 5.69 Å². The summed E-state index contributed by atoms with van der Waals surface area (Å²) in [7, 11) is 0. The van der Waals surface area contributed by atoms with Crippen molar-refractivity contribution in [3.8, 4) is 22.6 Å². The van der Waals surface area contributed by atoms with Gasteiger partial charge in [-0.05, 0) is 41.8 Å². The van der Waals surface area contributed by atoms with Crippen LogP contribution >= 0.6 is 0 Å². The molecule has 1 aliphatic rings. The molecule has 0 saturated heterocycles. The van der Waals surface area contributed by atoms with Crippen LogP contribution in [0.5, 0.6) is 11.5 Å². The van der Waals surface area contributed by atoms with Crippen molar-refractivity contribution in [2.24, 2.45) is 4.99 Å². The molecule has 1 N–H and O–H groups in total. The minimum Gasteiger partial charge on any atom is -0.507 e. The molecule has 40 heavy (non-hydrogen) atoms. The number of hydrogen-bond donors (Lipinski definition) is 1. The number of hydrogen-bond acceptors (Lipinski definition) is 4. The van der Waals surface area contributed by atoms with E-state index < -0.39 is 0 Å². The first-order chi connectivity index (χ1) is 19.7. The van der Waals surface area contributed by atoms with Crippen molar-refractivity contribution in [2.45, 2.75) is 96.8 Å². The van der Waals surface area contributed by atoms with Gasteiger partial charge in [0.05, 0.1) is 12.3 Å². The van der Waals surface area contributed by atoms with Crippen LogP contribution in [0.3, 0.4) is 0 Å². The van der Waals surface area contributed by atoms with Crippen LogP contribution in [0.25, 0.3) is 11.1 Å². The van der Waals surface area contributed by atoms with Gasteiger partial charge in [-0.25, -0.2) is 0 Å². The summed E-state index contributed by atoms with van der Waals surface area (Å²) >= 11 is 0. The fraction of sp³-hybridized carbons (Fsp3) is 0.444. The number of carbonyl (C=O) groups excluding carboxylic acids is 1. The molecule has 0 heterocycles. The Balaban J connectivity index is 1.11. The first-order valence-electron chi connectivity index (χ1n) is 15.5. The van der Waals surface area contributed by atoms with Crippen LogP contribution in [0.1, 0.15) is 118 Å². The molecule has 0 aliphatic heterocycles. The second-order valence-corrected chi connectivity index (χ2v) is 11.0. The molecule has 0 aromatic heterocycles. The molecule has 0 bridgehead atoms. The first-order valence-corrected chi connectivity index (χ1v) is 15.5. The molecule has 0 unspecified atom stereocenters. The van der Waals surface area contributed by atoms with Crippen molar-refractivity contribution in [3.63, 3.8) is 0 Å². The van der Waals surface area contributed by atoms with Gasteiger partial charge in [0.1, 0.15) is 11.5 Å². The number of rotatable bonds is 18. The monoisotopic (exact) mass is 539 g/mol. The molecule has 1 aliphatic carbocycles. The smallest absolute Gasteiger partial charge is 0.194 e. The quantitative estimate of drug-likeness (QED) is 0.101. The second kappa shape index (κ2) is 16.0. The van der Waals surface area contributed by atoms with E-state index in [9.17, 15) is 9.90 Å². The van der Waals surface area contributed by atoms with Gasteiger partial charge >= 0.3 is 0 Å². The highest BCUT2D eigenvalue weighted by molar-refractivity contribution is 6.22. The van der Waals surface area contributed by atoms with Gasteiger partial charge in [0, 0.05) is 29.0 Å². The maximum Gasteiger partial charge on any atom is 0.194 e. The highest BCUT2D eigenvalue weighted by Crippen LogP contribution is 2.38. The predicted octanol–water partition coefficient (Wildman–Crippen LogP) is 10.2. The van der Waals surface area contributed by atoms with Gasteiger partial charge in [-0.2, -0.15) is 0 Å². The Morgan fingerprint density at radius 1 is 0.675 bits per heavy atom. The number of ether oxygens (including phenoxy) is 1. The molecule has 4 heteroatoms. The average Bonchev–Trinajstić information content (AvgIpc) is 3.26. The number of aliphatic imine (C=N–C) groups is 1. The lowest BCUT2D eigenvalue weighted by Crippen LogP contribution is -1.97. The Kier molecular flexibility index (Phi) is 11.8. The molecule has 4 nitrogen and oxygen atoms in total. The molecule has 3 aromatic rings. The van der Waals surface area contributed by atoms with E-state index in [1.165, 1.54) is 83.5 Å². The Morgan fingerprint density at radius 3 is 1.93 bits per heavy atom. The summed E-state index contributed by atoms with van der Waals surface area (Å²) in [6.45, 7) is 2.94. The molecule has 0 radical (unpaired) electrons. The van der Waals surface area contributed by atoms with E-state index in [1.54, 1.807) is 12.3 Å². The SMILES string of the molecule is CCCCCCCCCCCCCCCCOc1ccc(C=Nc2ccc3c(c2)C(=O)c2ccccc2-3)c(O)c1. The van der Waals surface area contributed by atoms with E-state index in [0.29, 0.717) is 29.2 Å². The third kappa shape index (κ3) is 8.55. The van der Waals surface area contributed by atoms with Crippen LogP contribution in [0, 0.1) is 0 Å². The number of carbonyl (C=O) groups is 1. The zero-order valence-electron chi connectivity index (χ0n) is 24.2.